The van der Waals surface area contributed by atoms with Crippen LogP contribution in [0.4, 0.5) is 8.78 Å². The van der Waals surface area contributed by atoms with Gasteiger partial charge in [0.05, 0.1) is 12.1 Å². The zero-order valence-corrected chi connectivity index (χ0v) is 25.1. The monoisotopic (exact) mass is 597 g/mol. The van der Waals surface area contributed by atoms with Gasteiger partial charge >= 0.3 is 0 Å². The molecule has 0 radical (unpaired) electrons. The SMILES string of the molecule is CN[C@@H](C)C(=O)NC1CN(C(=O)CC(C)C)CC[C@H]2CC[C@@H](C(=O)NC(c3ccc(F)cc3)c3ccc(F)cc3)N2C1=O. The Kier molecular flexibility index (Phi) is 10.5. The van der Waals surface area contributed by atoms with Crippen molar-refractivity contribution in [1.82, 2.24) is 25.8 Å². The molecule has 43 heavy (non-hydrogen) atoms. The third-order valence-corrected chi connectivity index (χ3v) is 8.26. The van der Waals surface area contributed by atoms with E-state index in [0.29, 0.717) is 43.4 Å². The molecule has 0 saturated carbocycles. The molecule has 2 aliphatic heterocycles. The highest BCUT2D eigenvalue weighted by Crippen LogP contribution is 2.31. The molecule has 4 amide bonds. The lowest BCUT2D eigenvalue weighted by Crippen LogP contribution is -2.62. The molecule has 11 heteroatoms. The highest BCUT2D eigenvalue weighted by atomic mass is 19.1. The van der Waals surface area contributed by atoms with Crippen LogP contribution >= 0.6 is 0 Å². The smallest absolute Gasteiger partial charge is 0.247 e. The fourth-order valence-corrected chi connectivity index (χ4v) is 5.78. The molecular weight excluding hydrogens is 556 g/mol. The summed E-state index contributed by atoms with van der Waals surface area (Å²) in [5, 5.41) is 8.68. The Morgan fingerprint density at radius 3 is 2.02 bits per heavy atom. The molecule has 2 aromatic rings. The number of halogens is 2. The van der Waals surface area contributed by atoms with E-state index < -0.39 is 47.6 Å². The van der Waals surface area contributed by atoms with Gasteiger partial charge in [0.2, 0.25) is 23.6 Å². The van der Waals surface area contributed by atoms with Gasteiger partial charge in [0.25, 0.3) is 0 Å². The first-order valence-electron chi connectivity index (χ1n) is 14.9. The van der Waals surface area contributed by atoms with Gasteiger partial charge in [-0.1, -0.05) is 38.1 Å². The van der Waals surface area contributed by atoms with E-state index in [2.05, 4.69) is 16.0 Å². The molecule has 0 aromatic heterocycles. The number of nitrogens with zero attached hydrogens (tertiary/aromatic N) is 2. The van der Waals surface area contributed by atoms with Crippen molar-refractivity contribution in [2.24, 2.45) is 5.92 Å². The summed E-state index contributed by atoms with van der Waals surface area (Å²) in [6.07, 6.45) is 1.79. The van der Waals surface area contributed by atoms with Crippen molar-refractivity contribution >= 4 is 23.6 Å². The van der Waals surface area contributed by atoms with Crippen LogP contribution in [0.2, 0.25) is 0 Å². The first kappa shape index (κ1) is 32.1. The summed E-state index contributed by atoms with van der Waals surface area (Å²) in [5.74, 6) is -2.01. The number of likely N-dealkylation sites (N-methyl/N-ethyl adjacent to an activating group) is 1. The van der Waals surface area contributed by atoms with Crippen molar-refractivity contribution in [3.8, 4) is 0 Å². The van der Waals surface area contributed by atoms with Gasteiger partial charge < -0.3 is 25.8 Å². The first-order chi connectivity index (χ1) is 20.5. The molecule has 1 unspecified atom stereocenters. The van der Waals surface area contributed by atoms with Gasteiger partial charge in [-0.15, -0.1) is 0 Å². The largest absolute Gasteiger partial charge is 0.343 e. The van der Waals surface area contributed by atoms with E-state index >= 15 is 0 Å². The molecule has 2 aliphatic rings. The van der Waals surface area contributed by atoms with E-state index in [4.69, 9.17) is 0 Å². The number of carbonyl (C=O) groups excluding carboxylic acids is 4. The Hall–Kier alpha value is -3.86. The van der Waals surface area contributed by atoms with Crippen molar-refractivity contribution in [3.05, 3.63) is 71.3 Å². The molecule has 2 heterocycles. The number of carbonyl (C=O) groups is 4. The summed E-state index contributed by atoms with van der Waals surface area (Å²) in [6, 6.07) is 7.95. The number of fused-ring (bicyclic) bond motifs is 1. The molecule has 0 aliphatic carbocycles. The van der Waals surface area contributed by atoms with Gasteiger partial charge in [-0.25, -0.2) is 8.78 Å². The molecule has 2 fully saturated rings. The van der Waals surface area contributed by atoms with E-state index in [0.717, 1.165) is 0 Å². The van der Waals surface area contributed by atoms with Crippen LogP contribution in [0.3, 0.4) is 0 Å². The van der Waals surface area contributed by atoms with E-state index in [1.807, 2.05) is 13.8 Å². The van der Waals surface area contributed by atoms with Crippen LogP contribution in [0.5, 0.6) is 0 Å². The van der Waals surface area contributed by atoms with E-state index in [1.165, 1.54) is 24.3 Å². The lowest BCUT2D eigenvalue weighted by molar-refractivity contribution is -0.147. The zero-order chi connectivity index (χ0) is 31.3. The standard InChI is InChI=1S/C32H41F2N5O4/c1-19(2)17-28(40)38-16-15-25-13-14-27(39(25)32(43)26(18-38)36-30(41)20(3)35-4)31(42)37-29(21-5-9-23(33)10-6-21)22-7-11-24(34)12-8-22/h5-12,19-20,25-27,29,35H,13-18H2,1-4H3,(H,36,41)(H,37,42)/t20-,25+,26?,27-/m0/s1. The molecule has 2 saturated heterocycles. The average molecular weight is 598 g/mol. The quantitative estimate of drug-likeness (QED) is 0.412. The summed E-state index contributed by atoms with van der Waals surface area (Å²) in [5.41, 5.74) is 1.20. The third kappa shape index (κ3) is 7.76. The van der Waals surface area contributed by atoms with Gasteiger partial charge in [0.15, 0.2) is 0 Å². The van der Waals surface area contributed by atoms with Gasteiger partial charge in [0.1, 0.15) is 23.7 Å². The highest BCUT2D eigenvalue weighted by Gasteiger charge is 2.46. The molecule has 9 nitrogen and oxygen atoms in total. The topological polar surface area (TPSA) is 111 Å². The molecule has 0 spiro atoms. The van der Waals surface area contributed by atoms with Crippen molar-refractivity contribution in [1.29, 1.82) is 0 Å². The Balaban J connectivity index is 1.61. The van der Waals surface area contributed by atoms with Crippen LogP contribution in [0, 0.1) is 17.6 Å². The second-order valence-corrected chi connectivity index (χ2v) is 11.8. The van der Waals surface area contributed by atoms with Crippen molar-refractivity contribution in [2.75, 3.05) is 20.1 Å². The van der Waals surface area contributed by atoms with Gasteiger partial charge in [-0.3, -0.25) is 19.2 Å². The molecule has 4 atom stereocenters. The minimum Gasteiger partial charge on any atom is -0.343 e. The Morgan fingerprint density at radius 1 is 0.907 bits per heavy atom. The minimum atomic E-state index is -1.03. The summed E-state index contributed by atoms with van der Waals surface area (Å²) >= 11 is 0. The number of rotatable bonds is 9. The lowest BCUT2D eigenvalue weighted by Gasteiger charge is -2.39. The maximum absolute atomic E-state index is 14.1. The Labute approximate surface area is 251 Å². The van der Waals surface area contributed by atoms with Crippen molar-refractivity contribution in [2.45, 2.75) is 76.7 Å². The summed E-state index contributed by atoms with van der Waals surface area (Å²) < 4.78 is 27.4. The van der Waals surface area contributed by atoms with E-state index in [1.54, 1.807) is 48.0 Å². The first-order valence-corrected chi connectivity index (χ1v) is 14.9. The lowest BCUT2D eigenvalue weighted by atomic mass is 9.98. The average Bonchev–Trinajstić information content (AvgIpc) is 3.40. The van der Waals surface area contributed by atoms with Crippen LogP contribution in [-0.4, -0.2) is 77.7 Å². The van der Waals surface area contributed by atoms with Crippen LogP contribution in [0.15, 0.2) is 48.5 Å². The summed E-state index contributed by atoms with van der Waals surface area (Å²) in [4.78, 5) is 57.2. The molecular formula is C32H41F2N5O4. The maximum Gasteiger partial charge on any atom is 0.247 e. The predicted octanol–water partition coefficient (Wildman–Crippen LogP) is 2.90. The van der Waals surface area contributed by atoms with Gasteiger partial charge in [-0.2, -0.15) is 0 Å². The van der Waals surface area contributed by atoms with E-state index in [9.17, 15) is 28.0 Å². The fraction of sp³-hybridized carbons (Fsp3) is 0.500. The number of amides is 4. The molecule has 2 aromatic carbocycles. The maximum atomic E-state index is 14.1. The normalized spacial score (nSPS) is 21.3. The van der Waals surface area contributed by atoms with Crippen molar-refractivity contribution in [3.63, 3.8) is 0 Å². The minimum absolute atomic E-state index is 0.0118. The number of hydrogen-bond acceptors (Lipinski definition) is 5. The van der Waals surface area contributed by atoms with Gasteiger partial charge in [0, 0.05) is 25.6 Å². The van der Waals surface area contributed by atoms with E-state index in [-0.39, 0.29) is 30.3 Å². The number of hydrogen-bond donors (Lipinski definition) is 3. The molecule has 4 rings (SSSR count). The summed E-state index contributed by atoms with van der Waals surface area (Å²) in [7, 11) is 1.64. The van der Waals surface area contributed by atoms with Crippen LogP contribution in [0.25, 0.3) is 0 Å². The number of benzene rings is 2. The third-order valence-electron chi connectivity index (χ3n) is 8.26. The molecule has 0 bridgehead atoms. The Bertz CT molecular complexity index is 1260. The number of nitrogens with one attached hydrogen (secondary N) is 3. The summed E-state index contributed by atoms with van der Waals surface area (Å²) in [6.45, 7) is 5.99. The predicted molar refractivity (Wildman–Crippen MR) is 158 cm³/mol. The second kappa shape index (κ2) is 14.1. The second-order valence-electron chi connectivity index (χ2n) is 11.8. The van der Waals surface area contributed by atoms with Crippen LogP contribution in [0.1, 0.15) is 63.6 Å². The highest BCUT2D eigenvalue weighted by molar-refractivity contribution is 5.94. The van der Waals surface area contributed by atoms with Crippen LogP contribution < -0.4 is 16.0 Å². The van der Waals surface area contributed by atoms with Crippen LogP contribution in [-0.2, 0) is 19.2 Å². The molecule has 232 valence electrons. The van der Waals surface area contributed by atoms with Gasteiger partial charge in [-0.05, 0) is 74.5 Å². The Morgan fingerprint density at radius 2 is 1.49 bits per heavy atom. The van der Waals surface area contributed by atoms with Crippen molar-refractivity contribution < 1.29 is 28.0 Å². The molecule has 3 N–H and O–H groups in total. The zero-order valence-electron chi connectivity index (χ0n) is 25.1. The fourth-order valence-electron chi connectivity index (χ4n) is 5.78.